The second kappa shape index (κ2) is 4.96. The van der Waals surface area contributed by atoms with Gasteiger partial charge in [0.05, 0.1) is 16.4 Å². The molecule has 0 bridgehead atoms. The monoisotopic (exact) mass is 307 g/mol. The zero-order valence-electron chi connectivity index (χ0n) is 12.1. The van der Waals surface area contributed by atoms with Gasteiger partial charge < -0.3 is 4.57 Å². The van der Waals surface area contributed by atoms with Gasteiger partial charge in [-0.3, -0.25) is 4.90 Å². The quantitative estimate of drug-likeness (QED) is 0.802. The summed E-state index contributed by atoms with van der Waals surface area (Å²) in [6, 6.07) is 5.93. The molecule has 2 unspecified atom stereocenters. The van der Waals surface area contributed by atoms with Crippen LogP contribution in [0.25, 0.3) is 11.0 Å². The van der Waals surface area contributed by atoms with Gasteiger partial charge in [0.1, 0.15) is 11.6 Å². The Morgan fingerprint density at radius 3 is 2.81 bits per heavy atom. The van der Waals surface area contributed by atoms with Gasteiger partial charge in [0.2, 0.25) is 0 Å². The molecule has 21 heavy (non-hydrogen) atoms. The molecular weight excluding hydrogens is 289 g/mol. The highest BCUT2D eigenvalue weighted by Gasteiger charge is 2.36. The molecule has 1 saturated heterocycles. The van der Waals surface area contributed by atoms with Crippen LogP contribution in [-0.2, 0) is 0 Å². The lowest BCUT2D eigenvalue weighted by molar-refractivity contribution is 0.313. The molecule has 1 aliphatic heterocycles. The van der Waals surface area contributed by atoms with E-state index in [1.165, 1.54) is 18.9 Å². The van der Waals surface area contributed by atoms with E-state index < -0.39 is 0 Å². The normalized spacial score (nSPS) is 24.8. The van der Waals surface area contributed by atoms with E-state index in [9.17, 15) is 4.39 Å². The number of imidazole rings is 1. The van der Waals surface area contributed by atoms with E-state index in [2.05, 4.69) is 14.5 Å². The fourth-order valence-corrected chi connectivity index (χ4v) is 3.65. The zero-order valence-corrected chi connectivity index (χ0v) is 12.9. The molecule has 5 heteroatoms. The number of aromatic nitrogens is 2. The van der Waals surface area contributed by atoms with Crippen LogP contribution in [0.1, 0.15) is 43.4 Å². The minimum atomic E-state index is -0.213. The topological polar surface area (TPSA) is 21.1 Å². The molecule has 1 aliphatic carbocycles. The second-order valence-corrected chi connectivity index (χ2v) is 6.91. The SMILES string of the molecule is CC(Cl)c1nc2ccc(F)cc2n1C1CCN(C2CC2)C1. The molecule has 0 N–H and O–H groups in total. The number of halogens is 2. The standard InChI is InChI=1S/C16H19ClFN3/c1-10(17)16-19-14-5-2-11(18)8-15(14)21(16)13-6-7-20(9-13)12-3-4-12/h2,5,8,10,12-13H,3-4,6-7,9H2,1H3. The first-order chi connectivity index (χ1) is 10.1. The van der Waals surface area contributed by atoms with E-state index >= 15 is 0 Å². The van der Waals surface area contributed by atoms with Gasteiger partial charge in [-0.25, -0.2) is 9.37 Å². The van der Waals surface area contributed by atoms with Crippen LogP contribution in [-0.4, -0.2) is 33.6 Å². The maximum absolute atomic E-state index is 13.6. The maximum Gasteiger partial charge on any atom is 0.128 e. The zero-order chi connectivity index (χ0) is 14.6. The summed E-state index contributed by atoms with van der Waals surface area (Å²) in [5, 5.41) is -0.171. The third kappa shape index (κ3) is 2.34. The van der Waals surface area contributed by atoms with Gasteiger partial charge in [-0.1, -0.05) is 0 Å². The van der Waals surface area contributed by atoms with Crippen LogP contribution < -0.4 is 0 Å². The summed E-state index contributed by atoms with van der Waals surface area (Å²) in [6.45, 7) is 4.09. The molecule has 0 spiro atoms. The summed E-state index contributed by atoms with van der Waals surface area (Å²) in [5.41, 5.74) is 1.71. The minimum Gasteiger partial charge on any atom is -0.322 e. The summed E-state index contributed by atoms with van der Waals surface area (Å²) in [7, 11) is 0. The van der Waals surface area contributed by atoms with E-state index in [0.29, 0.717) is 6.04 Å². The second-order valence-electron chi connectivity index (χ2n) is 6.26. The molecule has 1 aromatic carbocycles. The van der Waals surface area contributed by atoms with Crippen LogP contribution in [0.5, 0.6) is 0 Å². The third-order valence-corrected chi connectivity index (χ3v) is 4.85. The Balaban J connectivity index is 1.78. The average molecular weight is 308 g/mol. The molecule has 0 radical (unpaired) electrons. The van der Waals surface area contributed by atoms with Crippen molar-refractivity contribution in [2.45, 2.75) is 43.6 Å². The number of likely N-dealkylation sites (tertiary alicyclic amines) is 1. The summed E-state index contributed by atoms with van der Waals surface area (Å²) in [6.07, 6.45) is 3.74. The number of nitrogens with zero attached hydrogens (tertiary/aromatic N) is 3. The van der Waals surface area contributed by atoms with E-state index in [-0.39, 0.29) is 11.2 Å². The lowest BCUT2D eigenvalue weighted by Gasteiger charge is -2.19. The highest BCUT2D eigenvalue weighted by atomic mass is 35.5. The van der Waals surface area contributed by atoms with Crippen LogP contribution in [0.4, 0.5) is 4.39 Å². The van der Waals surface area contributed by atoms with Gasteiger partial charge >= 0.3 is 0 Å². The van der Waals surface area contributed by atoms with Gasteiger partial charge in [-0.15, -0.1) is 11.6 Å². The lowest BCUT2D eigenvalue weighted by atomic mass is 10.2. The Morgan fingerprint density at radius 1 is 1.29 bits per heavy atom. The largest absolute Gasteiger partial charge is 0.322 e. The molecule has 1 aromatic heterocycles. The molecule has 0 amide bonds. The number of fused-ring (bicyclic) bond motifs is 1. The molecule has 2 aromatic rings. The fourth-order valence-electron chi connectivity index (χ4n) is 3.50. The average Bonchev–Trinajstić information content (AvgIpc) is 3.06. The van der Waals surface area contributed by atoms with Crippen molar-refractivity contribution in [3.05, 3.63) is 29.8 Å². The van der Waals surface area contributed by atoms with Crippen molar-refractivity contribution >= 4 is 22.6 Å². The van der Waals surface area contributed by atoms with Crippen molar-refractivity contribution in [3.63, 3.8) is 0 Å². The fraction of sp³-hybridized carbons (Fsp3) is 0.562. The van der Waals surface area contributed by atoms with Crippen molar-refractivity contribution in [2.75, 3.05) is 13.1 Å². The first-order valence-corrected chi connectivity index (χ1v) is 8.12. The molecular formula is C16H19ClFN3. The number of hydrogen-bond acceptors (Lipinski definition) is 2. The van der Waals surface area contributed by atoms with Gasteiger partial charge in [-0.05, 0) is 44.4 Å². The van der Waals surface area contributed by atoms with Crippen LogP contribution in [0.15, 0.2) is 18.2 Å². The predicted molar refractivity (Wildman–Crippen MR) is 82.2 cm³/mol. The van der Waals surface area contributed by atoms with E-state index in [1.54, 1.807) is 12.1 Å². The Labute approximate surface area is 128 Å². The molecule has 1 saturated carbocycles. The van der Waals surface area contributed by atoms with Crippen LogP contribution in [0.2, 0.25) is 0 Å². The number of alkyl halides is 1. The molecule has 3 nitrogen and oxygen atoms in total. The summed E-state index contributed by atoms with van der Waals surface area (Å²) >= 11 is 6.32. The lowest BCUT2D eigenvalue weighted by Crippen LogP contribution is -2.24. The van der Waals surface area contributed by atoms with Gasteiger partial charge in [0.15, 0.2) is 0 Å². The maximum atomic E-state index is 13.6. The Kier molecular flexibility index (Phi) is 3.19. The Morgan fingerprint density at radius 2 is 2.10 bits per heavy atom. The van der Waals surface area contributed by atoms with Crippen molar-refractivity contribution in [3.8, 4) is 0 Å². The van der Waals surface area contributed by atoms with Crippen molar-refractivity contribution in [1.82, 2.24) is 14.5 Å². The number of hydrogen-bond donors (Lipinski definition) is 0. The van der Waals surface area contributed by atoms with Crippen LogP contribution in [0, 0.1) is 5.82 Å². The van der Waals surface area contributed by atoms with Crippen molar-refractivity contribution < 1.29 is 4.39 Å². The summed E-state index contributed by atoms with van der Waals surface area (Å²) in [4.78, 5) is 7.18. The third-order valence-electron chi connectivity index (χ3n) is 4.66. The van der Waals surface area contributed by atoms with Crippen molar-refractivity contribution in [1.29, 1.82) is 0 Å². The summed E-state index contributed by atoms with van der Waals surface area (Å²) in [5.74, 6) is 0.648. The van der Waals surface area contributed by atoms with Crippen molar-refractivity contribution in [2.24, 2.45) is 0 Å². The number of benzene rings is 1. The minimum absolute atomic E-state index is 0.171. The van der Waals surface area contributed by atoms with E-state index in [0.717, 1.165) is 42.4 Å². The molecule has 2 aliphatic rings. The van der Waals surface area contributed by atoms with E-state index in [4.69, 9.17) is 11.6 Å². The van der Waals surface area contributed by atoms with E-state index in [1.807, 2.05) is 6.92 Å². The highest BCUT2D eigenvalue weighted by molar-refractivity contribution is 6.20. The smallest absolute Gasteiger partial charge is 0.128 e. The molecule has 4 rings (SSSR count). The van der Waals surface area contributed by atoms with Gasteiger partial charge in [0, 0.05) is 25.2 Å². The first kappa shape index (κ1) is 13.5. The Hall–Kier alpha value is -1.13. The molecule has 2 atom stereocenters. The predicted octanol–water partition coefficient (Wildman–Crippen LogP) is 3.88. The van der Waals surface area contributed by atoms with Crippen LogP contribution >= 0.6 is 11.6 Å². The van der Waals surface area contributed by atoms with Gasteiger partial charge in [0.25, 0.3) is 0 Å². The highest BCUT2D eigenvalue weighted by Crippen LogP contribution is 2.37. The van der Waals surface area contributed by atoms with Crippen LogP contribution in [0.3, 0.4) is 0 Å². The summed E-state index contributed by atoms with van der Waals surface area (Å²) < 4.78 is 15.8. The first-order valence-electron chi connectivity index (χ1n) is 7.69. The number of rotatable bonds is 3. The molecule has 112 valence electrons. The Bertz CT molecular complexity index is 677. The van der Waals surface area contributed by atoms with Gasteiger partial charge in [-0.2, -0.15) is 0 Å². The molecule has 2 heterocycles. The molecule has 2 fully saturated rings.